The van der Waals surface area contributed by atoms with Crippen molar-refractivity contribution < 1.29 is 15.3 Å². The van der Waals surface area contributed by atoms with Crippen molar-refractivity contribution >= 4 is 0 Å². The van der Waals surface area contributed by atoms with Gasteiger partial charge >= 0.3 is 0 Å². The van der Waals surface area contributed by atoms with E-state index in [0.29, 0.717) is 0 Å². The van der Waals surface area contributed by atoms with Crippen molar-refractivity contribution in [3.8, 4) is 0 Å². The van der Waals surface area contributed by atoms with Crippen molar-refractivity contribution in [3.05, 3.63) is 0 Å². The Kier molecular flexibility index (Phi) is 2.22. The van der Waals surface area contributed by atoms with E-state index in [0.717, 1.165) is 0 Å². The van der Waals surface area contributed by atoms with Gasteiger partial charge in [-0.15, -0.1) is 0 Å². The van der Waals surface area contributed by atoms with Crippen LogP contribution >= 0.6 is 0 Å². The van der Waals surface area contributed by atoms with E-state index in [9.17, 15) is 0 Å². The molecule has 3 heteroatoms. The lowest BCUT2D eigenvalue weighted by atomic mass is 9.85. The van der Waals surface area contributed by atoms with Crippen LogP contribution in [0.4, 0.5) is 0 Å². The van der Waals surface area contributed by atoms with Gasteiger partial charge in [0.05, 0.1) is 6.61 Å². The molecule has 0 spiro atoms. The average Bonchev–Trinajstić information content (AvgIpc) is 1.64. The Hall–Kier alpha value is -0.120. The highest BCUT2D eigenvalue weighted by atomic mass is 16.5. The average molecular weight is 134 g/mol. The van der Waals surface area contributed by atoms with E-state index in [2.05, 4.69) is 0 Å². The Morgan fingerprint density at radius 3 is 1.44 bits per heavy atom. The second kappa shape index (κ2) is 2.25. The number of hydrogen-bond acceptors (Lipinski definition) is 3. The molecule has 0 radical (unpaired) electrons. The first-order valence-corrected chi connectivity index (χ1v) is 2.87. The minimum atomic E-state index is -1.80. The van der Waals surface area contributed by atoms with Crippen LogP contribution in [-0.2, 0) is 0 Å². The molecule has 0 rings (SSSR count). The minimum absolute atomic E-state index is 0.240. The molecule has 3 nitrogen and oxygen atoms in total. The molecule has 0 unspecified atom stereocenters. The number of rotatable bonds is 2. The Bertz CT molecular complexity index is 91.0. The number of aliphatic hydroxyl groups excluding tert-OH is 1. The highest BCUT2D eigenvalue weighted by molar-refractivity contribution is 4.78. The van der Waals surface area contributed by atoms with Crippen molar-refractivity contribution in [2.24, 2.45) is 5.41 Å². The SMILES string of the molecule is CC(O)(O)C(C)(C)CO. The molecule has 0 aromatic carbocycles. The van der Waals surface area contributed by atoms with Gasteiger partial charge in [-0.25, -0.2) is 0 Å². The molecule has 0 fully saturated rings. The summed E-state index contributed by atoms with van der Waals surface area (Å²) < 4.78 is 0. The zero-order valence-electron chi connectivity index (χ0n) is 6.05. The summed E-state index contributed by atoms with van der Waals surface area (Å²) in [6.45, 7) is 4.17. The van der Waals surface area contributed by atoms with Gasteiger partial charge in [0.25, 0.3) is 0 Å². The van der Waals surface area contributed by atoms with Crippen LogP contribution in [0, 0.1) is 5.41 Å². The molecular weight excluding hydrogens is 120 g/mol. The lowest BCUT2D eigenvalue weighted by Gasteiger charge is -2.33. The molecule has 0 amide bonds. The van der Waals surface area contributed by atoms with Crippen LogP contribution in [0.3, 0.4) is 0 Å². The molecule has 0 saturated carbocycles. The normalized spacial score (nSPS) is 14.0. The maximum atomic E-state index is 8.94. The highest BCUT2D eigenvalue weighted by Gasteiger charge is 2.36. The Morgan fingerprint density at radius 1 is 1.11 bits per heavy atom. The highest BCUT2D eigenvalue weighted by Crippen LogP contribution is 2.26. The van der Waals surface area contributed by atoms with Gasteiger partial charge in [0.2, 0.25) is 0 Å². The van der Waals surface area contributed by atoms with Crippen LogP contribution in [0.1, 0.15) is 20.8 Å². The van der Waals surface area contributed by atoms with Crippen LogP contribution in [-0.4, -0.2) is 27.7 Å². The van der Waals surface area contributed by atoms with Crippen LogP contribution in [0.15, 0.2) is 0 Å². The third-order valence-corrected chi connectivity index (χ3v) is 1.68. The molecule has 0 aliphatic carbocycles. The Balaban J connectivity index is 4.14. The van der Waals surface area contributed by atoms with E-state index in [1.165, 1.54) is 6.92 Å². The first kappa shape index (κ1) is 8.88. The largest absolute Gasteiger partial charge is 0.396 e. The summed E-state index contributed by atoms with van der Waals surface area (Å²) >= 11 is 0. The van der Waals surface area contributed by atoms with Crippen LogP contribution in [0.25, 0.3) is 0 Å². The predicted molar refractivity (Wildman–Crippen MR) is 33.7 cm³/mol. The Morgan fingerprint density at radius 2 is 1.44 bits per heavy atom. The molecular formula is C6H14O3. The molecule has 0 heterocycles. The monoisotopic (exact) mass is 134 g/mol. The molecule has 9 heavy (non-hydrogen) atoms. The van der Waals surface area contributed by atoms with Crippen molar-refractivity contribution in [2.75, 3.05) is 6.61 Å². The fourth-order valence-corrected chi connectivity index (χ4v) is 0.150. The van der Waals surface area contributed by atoms with Gasteiger partial charge in [-0.2, -0.15) is 0 Å². The van der Waals surface area contributed by atoms with Crippen molar-refractivity contribution in [1.29, 1.82) is 0 Å². The van der Waals surface area contributed by atoms with E-state index in [4.69, 9.17) is 15.3 Å². The topological polar surface area (TPSA) is 60.7 Å². The summed E-state index contributed by atoms with van der Waals surface area (Å²) in [5.74, 6) is -1.80. The fourth-order valence-electron chi connectivity index (χ4n) is 0.150. The van der Waals surface area contributed by atoms with Crippen LogP contribution in [0.2, 0.25) is 0 Å². The van der Waals surface area contributed by atoms with Gasteiger partial charge < -0.3 is 15.3 Å². The van der Waals surface area contributed by atoms with E-state index in [1.807, 2.05) is 0 Å². The second-order valence-corrected chi connectivity index (χ2v) is 3.06. The van der Waals surface area contributed by atoms with Gasteiger partial charge in [0.15, 0.2) is 5.79 Å². The molecule has 3 N–H and O–H groups in total. The van der Waals surface area contributed by atoms with Gasteiger partial charge in [0.1, 0.15) is 0 Å². The zero-order valence-corrected chi connectivity index (χ0v) is 6.05. The fraction of sp³-hybridized carbons (Fsp3) is 1.00. The quantitative estimate of drug-likeness (QED) is 0.455. The molecule has 0 atom stereocenters. The van der Waals surface area contributed by atoms with Crippen molar-refractivity contribution in [3.63, 3.8) is 0 Å². The van der Waals surface area contributed by atoms with Gasteiger partial charge in [0, 0.05) is 5.41 Å². The second-order valence-electron chi connectivity index (χ2n) is 3.06. The summed E-state index contributed by atoms with van der Waals surface area (Å²) in [7, 11) is 0. The number of hydrogen-bond donors (Lipinski definition) is 3. The zero-order chi connectivity index (χ0) is 7.71. The van der Waals surface area contributed by atoms with E-state index >= 15 is 0 Å². The van der Waals surface area contributed by atoms with E-state index < -0.39 is 11.2 Å². The Labute approximate surface area is 54.9 Å². The number of aliphatic hydroxyl groups is 3. The first-order chi connectivity index (χ1) is 3.81. The van der Waals surface area contributed by atoms with Crippen LogP contribution < -0.4 is 0 Å². The standard InChI is InChI=1S/C6H14O3/c1-5(2,4-7)6(3,8)9/h7-9H,4H2,1-3H3. The third-order valence-electron chi connectivity index (χ3n) is 1.68. The van der Waals surface area contributed by atoms with Gasteiger partial charge in [-0.1, -0.05) is 13.8 Å². The molecule has 0 aliphatic rings. The first-order valence-electron chi connectivity index (χ1n) is 2.87. The van der Waals surface area contributed by atoms with E-state index in [-0.39, 0.29) is 6.61 Å². The smallest absolute Gasteiger partial charge is 0.167 e. The van der Waals surface area contributed by atoms with Gasteiger partial charge in [-0.05, 0) is 6.92 Å². The maximum Gasteiger partial charge on any atom is 0.167 e. The van der Waals surface area contributed by atoms with Crippen LogP contribution in [0.5, 0.6) is 0 Å². The molecule has 0 aromatic rings. The summed E-state index contributed by atoms with van der Waals surface area (Å²) in [5.41, 5.74) is -0.854. The maximum absolute atomic E-state index is 8.94. The molecule has 56 valence electrons. The third kappa shape index (κ3) is 1.93. The summed E-state index contributed by atoms with van der Waals surface area (Å²) in [6, 6.07) is 0. The summed E-state index contributed by atoms with van der Waals surface area (Å²) in [5, 5.41) is 26.5. The molecule has 0 bridgehead atoms. The summed E-state index contributed by atoms with van der Waals surface area (Å²) in [6.07, 6.45) is 0. The molecule has 0 saturated heterocycles. The van der Waals surface area contributed by atoms with Crippen molar-refractivity contribution in [2.45, 2.75) is 26.6 Å². The molecule has 0 aliphatic heterocycles. The van der Waals surface area contributed by atoms with E-state index in [1.54, 1.807) is 13.8 Å². The minimum Gasteiger partial charge on any atom is -0.396 e. The lowest BCUT2D eigenvalue weighted by molar-refractivity contribution is -0.228. The predicted octanol–water partition coefficient (Wildman–Crippen LogP) is -0.294. The van der Waals surface area contributed by atoms with Crippen molar-refractivity contribution in [1.82, 2.24) is 0 Å². The van der Waals surface area contributed by atoms with Gasteiger partial charge in [-0.3, -0.25) is 0 Å². The lowest BCUT2D eigenvalue weighted by Crippen LogP contribution is -2.44. The molecule has 0 aromatic heterocycles. The summed E-state index contributed by atoms with van der Waals surface area (Å²) in [4.78, 5) is 0.